The number of allylic oxidation sites excluding steroid dienone is 4. The molecule has 0 unspecified atom stereocenters. The maximum Gasteiger partial charge on any atom is -0.147 e. The Bertz CT molecular complexity index is 758. The normalized spacial score (nSPS) is 12.0. The molecule has 0 spiro atoms. The molecule has 0 aromatic heterocycles. The van der Waals surface area contributed by atoms with Crippen molar-refractivity contribution in [1.82, 2.24) is 0 Å². The molecule has 0 fully saturated rings. The molecule has 0 amide bonds. The standard InChI is InChI=1S/C12H11.C9H12N.2ClH.Ti/c1-10-6-2-5-9-12(10)11-7-3-4-8-11;1-6-4-7(2)9(10)8(3)5-6;;;/h2-7,9H,1,8H2;4-5,10H,1-3H3;2*1H;/q;-1;;;+1. The van der Waals surface area contributed by atoms with Crippen molar-refractivity contribution in [3.05, 3.63) is 82.4 Å². The topological polar surface area (TPSA) is 12.0 Å². The predicted octanol–water partition coefficient (Wildman–Crippen LogP) is 6.41. The summed E-state index contributed by atoms with van der Waals surface area (Å²) in [6.07, 6.45) is 7.72. The average Bonchev–Trinajstić information content (AvgIpc) is 3.04. The molecule has 0 aliphatic heterocycles. The zero-order valence-corrected chi connectivity index (χ0v) is 18.1. The van der Waals surface area contributed by atoms with Gasteiger partial charge in [0.25, 0.3) is 0 Å². The van der Waals surface area contributed by atoms with Crippen LogP contribution in [0.2, 0.25) is 0 Å². The first kappa shape index (κ1) is 22.1. The number of benzene rings is 2. The summed E-state index contributed by atoms with van der Waals surface area (Å²) in [4.78, 5) is 0. The Morgan fingerprint density at radius 2 is 1.68 bits per heavy atom. The Balaban J connectivity index is 0.00000156. The molecule has 0 saturated heterocycles. The van der Waals surface area contributed by atoms with Gasteiger partial charge in [-0.05, 0) is 0 Å². The molecule has 0 radical (unpaired) electrons. The Labute approximate surface area is 173 Å². The van der Waals surface area contributed by atoms with Gasteiger partial charge < -0.3 is 0 Å². The third-order valence-electron chi connectivity index (χ3n) is 4.30. The summed E-state index contributed by atoms with van der Waals surface area (Å²) in [5.74, 6) is 0. The second-order valence-corrected chi connectivity index (χ2v) is 7.73. The fraction of sp³-hybridized carbons (Fsp3) is 0.238. The van der Waals surface area contributed by atoms with Crippen LogP contribution in [0.4, 0.5) is 5.69 Å². The van der Waals surface area contributed by atoms with Gasteiger partial charge in [-0.15, -0.1) is 24.8 Å². The number of rotatable bonds is 5. The molecule has 0 bridgehead atoms. The molecule has 0 atom stereocenters. The van der Waals surface area contributed by atoms with Gasteiger partial charge in [-0.3, -0.25) is 0 Å². The zero-order valence-electron chi connectivity index (χ0n) is 14.9. The van der Waals surface area contributed by atoms with E-state index in [1.165, 1.54) is 43.8 Å². The number of hydrogen-bond donors (Lipinski definition) is 1. The fourth-order valence-electron chi connectivity index (χ4n) is 3.24. The minimum Gasteiger partial charge on any atom is -0.147 e. The van der Waals surface area contributed by atoms with Gasteiger partial charge >= 0.3 is 149 Å². The van der Waals surface area contributed by atoms with E-state index < -0.39 is 0 Å². The molecular weight excluding hydrogens is 385 g/mol. The molecule has 4 heteroatoms. The van der Waals surface area contributed by atoms with E-state index in [2.05, 4.69) is 79.2 Å². The summed E-state index contributed by atoms with van der Waals surface area (Å²) in [7, 11) is 0. The maximum absolute atomic E-state index is 3.76. The number of aryl methyl sites for hydroxylation is 3. The summed E-state index contributed by atoms with van der Waals surface area (Å²) < 4.78 is 4.93. The molecule has 132 valence electrons. The van der Waals surface area contributed by atoms with Gasteiger partial charge in [-0.2, -0.15) is 0 Å². The van der Waals surface area contributed by atoms with Crippen molar-refractivity contribution >= 4 is 36.1 Å². The molecule has 2 aromatic rings. The summed E-state index contributed by atoms with van der Waals surface area (Å²) in [6, 6.07) is 13.4. The number of anilines is 1. The van der Waals surface area contributed by atoms with E-state index in [4.69, 9.17) is 0 Å². The summed E-state index contributed by atoms with van der Waals surface area (Å²) in [5, 5.41) is 0. The van der Waals surface area contributed by atoms with Gasteiger partial charge in [0.1, 0.15) is 0 Å². The number of hydrogen-bond acceptors (Lipinski definition) is 1. The van der Waals surface area contributed by atoms with Crippen LogP contribution in [0.5, 0.6) is 0 Å². The molecule has 0 heterocycles. The Kier molecular flexibility index (Phi) is 9.03. The number of halogens is 2. The van der Waals surface area contributed by atoms with Crippen molar-refractivity contribution < 1.29 is 19.4 Å². The van der Waals surface area contributed by atoms with Crippen LogP contribution in [0, 0.1) is 20.8 Å². The molecule has 1 nitrogen and oxygen atoms in total. The van der Waals surface area contributed by atoms with Gasteiger partial charge in [0.15, 0.2) is 0 Å². The van der Waals surface area contributed by atoms with Crippen LogP contribution in [-0.4, -0.2) is 0 Å². The third kappa shape index (κ3) is 5.49. The molecular formula is C21H25Cl2NTi. The van der Waals surface area contributed by atoms with E-state index in [1.54, 1.807) is 0 Å². The Hall–Kier alpha value is -0.986. The van der Waals surface area contributed by atoms with E-state index >= 15 is 0 Å². The van der Waals surface area contributed by atoms with E-state index in [-0.39, 0.29) is 44.2 Å². The molecule has 0 saturated carbocycles. The van der Waals surface area contributed by atoms with Crippen molar-refractivity contribution in [3.63, 3.8) is 0 Å². The second kappa shape index (κ2) is 10.2. The van der Waals surface area contributed by atoms with Gasteiger partial charge in [-0.25, -0.2) is 0 Å². The van der Waals surface area contributed by atoms with Crippen LogP contribution in [0.25, 0.3) is 5.57 Å². The molecule has 1 N–H and O–H groups in total. The van der Waals surface area contributed by atoms with Gasteiger partial charge in [-0.1, -0.05) is 0 Å². The molecule has 1 aliphatic carbocycles. The van der Waals surface area contributed by atoms with Crippen molar-refractivity contribution in [2.24, 2.45) is 0 Å². The summed E-state index contributed by atoms with van der Waals surface area (Å²) >= 11 is -0.252. The molecule has 25 heavy (non-hydrogen) atoms. The Morgan fingerprint density at radius 3 is 2.32 bits per heavy atom. The first-order valence-corrected chi connectivity index (χ1v) is 10.0. The minimum absolute atomic E-state index is 0. The Morgan fingerprint density at radius 1 is 1.00 bits per heavy atom. The molecule has 1 aliphatic rings. The monoisotopic (exact) mass is 409 g/mol. The van der Waals surface area contributed by atoms with E-state index in [9.17, 15) is 0 Å². The molecule has 2 aromatic carbocycles. The van der Waals surface area contributed by atoms with E-state index in [0.717, 1.165) is 6.42 Å². The van der Waals surface area contributed by atoms with Crippen LogP contribution in [0.1, 0.15) is 34.2 Å². The van der Waals surface area contributed by atoms with Crippen LogP contribution in [0.3, 0.4) is 0 Å². The largest absolute Gasteiger partial charge is 0.147 e. The summed E-state index contributed by atoms with van der Waals surface area (Å²) in [6.45, 7) is 6.58. The van der Waals surface area contributed by atoms with Crippen LogP contribution in [0.15, 0.2) is 54.6 Å². The van der Waals surface area contributed by atoms with Crippen molar-refractivity contribution in [2.75, 3.05) is 3.80 Å². The second-order valence-electron chi connectivity index (χ2n) is 6.23. The minimum atomic E-state index is -0.252. The third-order valence-corrected chi connectivity index (χ3v) is 5.84. The SMILES string of the molecule is Cc1cc(C)c([NH][Ti][CH2]c2ccccc2C2=CC=CC2)c(C)c1.Cl.Cl. The van der Waals surface area contributed by atoms with Crippen molar-refractivity contribution in [2.45, 2.75) is 31.9 Å². The van der Waals surface area contributed by atoms with Crippen LogP contribution >= 0.6 is 24.8 Å². The van der Waals surface area contributed by atoms with Gasteiger partial charge in [0.2, 0.25) is 0 Å². The average molecular weight is 410 g/mol. The van der Waals surface area contributed by atoms with Crippen molar-refractivity contribution in [3.8, 4) is 0 Å². The quantitative estimate of drug-likeness (QED) is 0.562. The van der Waals surface area contributed by atoms with E-state index in [0.29, 0.717) is 0 Å². The first-order chi connectivity index (χ1) is 11.1. The van der Waals surface area contributed by atoms with Gasteiger partial charge in [0.05, 0.1) is 0 Å². The number of nitrogens with one attached hydrogen (secondary N) is 1. The van der Waals surface area contributed by atoms with Gasteiger partial charge in [0, 0.05) is 0 Å². The first-order valence-electron chi connectivity index (χ1n) is 8.16. The molecule has 3 rings (SSSR count). The van der Waals surface area contributed by atoms with E-state index in [1.807, 2.05) is 0 Å². The van der Waals surface area contributed by atoms with Crippen LogP contribution in [-0.2, 0) is 24.1 Å². The maximum atomic E-state index is 3.76. The predicted molar refractivity (Wildman–Crippen MR) is 111 cm³/mol. The fourth-order valence-corrected chi connectivity index (χ4v) is 5.05. The van der Waals surface area contributed by atoms with Crippen molar-refractivity contribution in [1.29, 1.82) is 0 Å². The summed E-state index contributed by atoms with van der Waals surface area (Å²) in [5.41, 5.74) is 9.78. The smallest absolute Gasteiger partial charge is 0.147 e. The zero-order chi connectivity index (χ0) is 16.2. The van der Waals surface area contributed by atoms with Crippen LogP contribution < -0.4 is 3.80 Å².